The molecule has 0 atom stereocenters. The molecule has 4 rings (SSSR count). The molecule has 0 bridgehead atoms. The first-order chi connectivity index (χ1) is 15.4. The largest absolute Gasteiger partial charge is 1.00 e. The van der Waals surface area contributed by atoms with Gasteiger partial charge in [0, 0.05) is 10.7 Å². The van der Waals surface area contributed by atoms with Crippen molar-refractivity contribution >= 4 is 47.1 Å². The summed E-state index contributed by atoms with van der Waals surface area (Å²) in [5.74, 6) is 0.0757. The number of anilines is 1. The maximum atomic E-state index is 13.7. The molecule has 10 heteroatoms. The molecule has 0 aliphatic carbocycles. The standard InChI is InChI=1S/C18H14ClFN5S.C5H11N.Os/c1-10(21)14-9-23-18(24-17(14)22)11-2-5-13(6-3-11)25-26-16-8-12(19)4-7-15(16)20;1-2-4-6-5-3-1;/h2-8,22,25H,21H2,1H3;6H,1-5H2;/q-1;;+1/b14-10-,22-17?;;. The van der Waals surface area contributed by atoms with Crippen LogP contribution in [0.2, 0.25) is 5.02 Å². The fraction of sp³-hybridized carbons (Fsp3) is 0.261. The van der Waals surface area contributed by atoms with E-state index in [1.165, 1.54) is 44.5 Å². The number of hydrogen-bond donors (Lipinski definition) is 4. The number of allylic oxidation sites excluding steroid dienone is 1. The Balaban J connectivity index is 0.000000479. The molecule has 0 aromatic heterocycles. The first-order valence-electron chi connectivity index (χ1n) is 10.2. The number of benzene rings is 2. The number of nitrogens with one attached hydrogen (secondary N) is 3. The van der Waals surface area contributed by atoms with Crippen LogP contribution in [0, 0.1) is 11.2 Å². The number of nitrogens with two attached hydrogens (primary N) is 1. The van der Waals surface area contributed by atoms with Crippen LogP contribution in [-0.4, -0.2) is 31.0 Å². The van der Waals surface area contributed by atoms with Crippen molar-refractivity contribution in [2.75, 3.05) is 17.8 Å². The predicted molar refractivity (Wildman–Crippen MR) is 133 cm³/mol. The monoisotopic (exact) mass is 663 g/mol. The molecule has 0 spiro atoms. The minimum atomic E-state index is -0.345. The SMILES string of the molecule is C/C(N)=C1\[C-]=NC(c2ccc(NSc3cc(Cl)ccc3F)cc2)=NC1=N.C1CCNCC1.[Os+]. The predicted octanol–water partition coefficient (Wildman–Crippen LogP) is 5.27. The van der Waals surface area contributed by atoms with Crippen LogP contribution < -0.4 is 15.8 Å². The summed E-state index contributed by atoms with van der Waals surface area (Å²) in [5, 5.41) is 11.6. The van der Waals surface area contributed by atoms with E-state index in [4.69, 9.17) is 22.7 Å². The van der Waals surface area contributed by atoms with Crippen molar-refractivity contribution in [1.29, 1.82) is 5.41 Å². The van der Waals surface area contributed by atoms with Crippen molar-refractivity contribution < 1.29 is 24.2 Å². The molecule has 0 amide bonds. The van der Waals surface area contributed by atoms with Crippen LogP contribution in [0.3, 0.4) is 0 Å². The second-order valence-electron chi connectivity index (χ2n) is 7.23. The van der Waals surface area contributed by atoms with E-state index < -0.39 is 0 Å². The van der Waals surface area contributed by atoms with Gasteiger partial charge < -0.3 is 31.2 Å². The molecular formula is C23H25ClFN6OsS. The Kier molecular flexibility index (Phi) is 11.2. The van der Waals surface area contributed by atoms with Gasteiger partial charge in [-0.2, -0.15) is 0 Å². The summed E-state index contributed by atoms with van der Waals surface area (Å²) in [6, 6.07) is 11.6. The minimum Gasteiger partial charge on any atom is -0.439 e. The van der Waals surface area contributed by atoms with Crippen molar-refractivity contribution in [1.82, 2.24) is 5.32 Å². The maximum Gasteiger partial charge on any atom is 1.00 e. The Morgan fingerprint density at radius 3 is 2.42 bits per heavy atom. The van der Waals surface area contributed by atoms with Gasteiger partial charge in [-0.05, 0) is 80.0 Å². The van der Waals surface area contributed by atoms with Gasteiger partial charge in [0.25, 0.3) is 0 Å². The second kappa shape index (κ2) is 13.6. The van der Waals surface area contributed by atoms with Gasteiger partial charge >= 0.3 is 19.8 Å². The molecule has 1 radical (unpaired) electrons. The van der Waals surface area contributed by atoms with Crippen molar-refractivity contribution in [3.63, 3.8) is 0 Å². The maximum absolute atomic E-state index is 13.7. The summed E-state index contributed by atoms with van der Waals surface area (Å²) >= 11 is 7.01. The van der Waals surface area contributed by atoms with Gasteiger partial charge in [-0.25, -0.2) is 4.39 Å². The van der Waals surface area contributed by atoms with Gasteiger partial charge in [0.1, 0.15) is 5.82 Å². The second-order valence-corrected chi connectivity index (χ2v) is 8.52. The zero-order valence-corrected chi connectivity index (χ0v) is 22.2. The Hall–Kier alpha value is -2.04. The van der Waals surface area contributed by atoms with Gasteiger partial charge in [-0.15, -0.1) is 0 Å². The van der Waals surface area contributed by atoms with Crippen LogP contribution in [0.15, 0.2) is 68.6 Å². The zero-order chi connectivity index (χ0) is 22.9. The van der Waals surface area contributed by atoms with Crippen LogP contribution in [0.25, 0.3) is 0 Å². The van der Waals surface area contributed by atoms with E-state index in [1.54, 1.807) is 25.1 Å². The molecule has 175 valence electrons. The van der Waals surface area contributed by atoms with Crippen molar-refractivity contribution in [2.24, 2.45) is 15.7 Å². The number of nitrogens with zero attached hydrogens (tertiary/aromatic N) is 2. The molecule has 2 aliphatic heterocycles. The van der Waals surface area contributed by atoms with E-state index in [0.29, 0.717) is 27.0 Å². The van der Waals surface area contributed by atoms with Crippen LogP contribution in [-0.2, 0) is 19.8 Å². The molecule has 2 aromatic rings. The van der Waals surface area contributed by atoms with E-state index in [-0.39, 0.29) is 31.4 Å². The fourth-order valence-electron chi connectivity index (χ4n) is 2.91. The summed E-state index contributed by atoms with van der Waals surface area (Å²) in [5.41, 5.74) is 8.02. The van der Waals surface area contributed by atoms with E-state index in [9.17, 15) is 4.39 Å². The molecule has 2 aromatic carbocycles. The molecule has 2 heterocycles. The Morgan fingerprint density at radius 2 is 1.88 bits per heavy atom. The van der Waals surface area contributed by atoms with Gasteiger partial charge in [0.15, 0.2) is 0 Å². The van der Waals surface area contributed by atoms with E-state index in [0.717, 1.165) is 23.2 Å². The number of halogens is 2. The molecule has 33 heavy (non-hydrogen) atoms. The molecule has 1 fully saturated rings. The molecular weight excluding hydrogens is 637 g/mol. The topological polar surface area (TPSA) is 98.7 Å². The number of amidine groups is 2. The molecule has 0 unspecified atom stereocenters. The van der Waals surface area contributed by atoms with Crippen LogP contribution in [0.4, 0.5) is 10.1 Å². The van der Waals surface area contributed by atoms with E-state index in [2.05, 4.69) is 26.2 Å². The van der Waals surface area contributed by atoms with E-state index >= 15 is 0 Å². The number of hydrogen-bond acceptors (Lipinski definition) is 6. The van der Waals surface area contributed by atoms with Gasteiger partial charge in [0.05, 0.1) is 16.6 Å². The van der Waals surface area contributed by atoms with Crippen molar-refractivity contribution in [3.8, 4) is 0 Å². The number of aliphatic imine (C=N–C) groups is 2. The minimum absolute atomic E-state index is 0. The number of piperidine rings is 1. The molecule has 0 saturated carbocycles. The third kappa shape index (κ3) is 8.35. The molecule has 6 nitrogen and oxygen atoms in total. The van der Waals surface area contributed by atoms with E-state index in [1.807, 2.05) is 12.1 Å². The smallest absolute Gasteiger partial charge is 0.439 e. The average molecular weight is 662 g/mol. The Bertz CT molecular complexity index is 1040. The van der Waals surface area contributed by atoms with Gasteiger partial charge in [-0.1, -0.05) is 48.3 Å². The zero-order valence-electron chi connectivity index (χ0n) is 18.1. The Labute approximate surface area is 216 Å². The summed E-state index contributed by atoms with van der Waals surface area (Å²) in [4.78, 5) is 8.68. The van der Waals surface area contributed by atoms with Gasteiger partial charge in [0.2, 0.25) is 0 Å². The molecule has 2 aliphatic rings. The number of rotatable bonds is 4. The normalized spacial score (nSPS) is 16.7. The first kappa shape index (κ1) is 27.2. The van der Waals surface area contributed by atoms with Crippen LogP contribution in [0.1, 0.15) is 31.7 Å². The third-order valence-corrected chi connectivity index (χ3v) is 5.75. The first-order valence-corrected chi connectivity index (χ1v) is 11.4. The van der Waals surface area contributed by atoms with Gasteiger partial charge in [-0.3, -0.25) is 0 Å². The summed E-state index contributed by atoms with van der Waals surface area (Å²) < 4.78 is 16.8. The fourth-order valence-corrected chi connectivity index (χ4v) is 3.86. The Morgan fingerprint density at radius 1 is 1.18 bits per heavy atom. The molecule has 1 saturated heterocycles. The summed E-state index contributed by atoms with van der Waals surface area (Å²) in [7, 11) is 0. The third-order valence-electron chi connectivity index (χ3n) is 4.64. The van der Waals surface area contributed by atoms with Crippen LogP contribution >= 0.6 is 23.5 Å². The average Bonchev–Trinajstić information content (AvgIpc) is 2.81. The molecule has 5 N–H and O–H groups in total. The summed E-state index contributed by atoms with van der Waals surface area (Å²) in [6.45, 7) is 4.17. The van der Waals surface area contributed by atoms with Crippen molar-refractivity contribution in [2.45, 2.75) is 31.1 Å². The summed E-state index contributed by atoms with van der Waals surface area (Å²) in [6.07, 6.45) is 6.96. The van der Waals surface area contributed by atoms with Crippen LogP contribution in [0.5, 0.6) is 0 Å². The quantitative estimate of drug-likeness (QED) is 0.265. The van der Waals surface area contributed by atoms with Crippen molar-refractivity contribution in [3.05, 3.63) is 70.1 Å².